The molecule has 1 heterocycles. The van der Waals surface area contributed by atoms with Gasteiger partial charge in [0.15, 0.2) is 0 Å². The molecule has 0 fully saturated rings. The van der Waals surface area contributed by atoms with Crippen LogP contribution in [0, 0.1) is 6.92 Å². The summed E-state index contributed by atoms with van der Waals surface area (Å²) >= 11 is 0.913. The second-order valence-corrected chi connectivity index (χ2v) is 4.66. The van der Waals surface area contributed by atoms with E-state index in [1.807, 2.05) is 0 Å². The summed E-state index contributed by atoms with van der Waals surface area (Å²) < 4.78 is 23.9. The minimum Gasteiger partial charge on any atom is -0.755 e. The van der Waals surface area contributed by atoms with Crippen LogP contribution in [0.5, 0.6) is 0 Å². The Morgan fingerprint density at radius 2 is 2.40 bits per heavy atom. The number of pyridine rings is 1. The van der Waals surface area contributed by atoms with Crippen molar-refractivity contribution >= 4 is 32.9 Å². The van der Waals surface area contributed by atoms with Gasteiger partial charge in [0.2, 0.25) is 0 Å². The van der Waals surface area contributed by atoms with E-state index < -0.39 is 11.3 Å². The van der Waals surface area contributed by atoms with E-state index >= 15 is 0 Å². The molecule has 84 valence electrons. The van der Waals surface area contributed by atoms with Gasteiger partial charge in [-0.1, -0.05) is 0 Å². The van der Waals surface area contributed by atoms with Gasteiger partial charge in [0.05, 0.1) is 11.4 Å². The predicted molar refractivity (Wildman–Crippen MR) is 62.0 cm³/mol. The van der Waals surface area contributed by atoms with Gasteiger partial charge >= 0.3 is 0 Å². The first kappa shape index (κ1) is 12.6. The van der Waals surface area contributed by atoms with Crippen LogP contribution >= 0.6 is 15.9 Å². The number of rotatable bonds is 4. The summed E-state index contributed by atoms with van der Waals surface area (Å²) in [4.78, 5) is 4.06. The standard InChI is InChI=1S/C8H12BrN3O2S/c1-6-8(4-7(9)5-11-6)12(3-2-10)15(13)14/h4-5H,2-3,10H2,1H3,(H,13,14)/p-1. The van der Waals surface area contributed by atoms with E-state index in [2.05, 4.69) is 20.9 Å². The molecule has 0 saturated heterocycles. The summed E-state index contributed by atoms with van der Waals surface area (Å²) in [6.45, 7) is 2.26. The Kier molecular flexibility index (Phi) is 4.65. The van der Waals surface area contributed by atoms with Gasteiger partial charge in [-0.25, -0.2) is 0 Å². The Balaban J connectivity index is 3.09. The summed E-state index contributed by atoms with van der Waals surface area (Å²) in [5.74, 6) is 0. The van der Waals surface area contributed by atoms with Crippen molar-refractivity contribution in [2.45, 2.75) is 6.92 Å². The summed E-state index contributed by atoms with van der Waals surface area (Å²) in [5.41, 5.74) is 6.54. The maximum atomic E-state index is 11.0. The molecule has 0 aliphatic heterocycles. The molecule has 0 amide bonds. The summed E-state index contributed by atoms with van der Waals surface area (Å²) in [5, 5.41) is 0. The van der Waals surface area contributed by atoms with Gasteiger partial charge in [0.25, 0.3) is 0 Å². The van der Waals surface area contributed by atoms with E-state index in [0.29, 0.717) is 11.4 Å². The molecule has 2 N–H and O–H groups in total. The lowest BCUT2D eigenvalue weighted by Gasteiger charge is -2.26. The van der Waals surface area contributed by atoms with Gasteiger partial charge in [-0.15, -0.1) is 0 Å². The molecular formula is C8H11BrN3O2S-. The largest absolute Gasteiger partial charge is 0.755 e. The molecule has 0 aromatic carbocycles. The molecule has 0 spiro atoms. The fraction of sp³-hybridized carbons (Fsp3) is 0.375. The molecule has 0 aliphatic carbocycles. The Morgan fingerprint density at radius 3 is 2.93 bits per heavy atom. The highest BCUT2D eigenvalue weighted by atomic mass is 79.9. The fourth-order valence-electron chi connectivity index (χ4n) is 1.14. The Morgan fingerprint density at radius 1 is 1.73 bits per heavy atom. The first-order chi connectivity index (χ1) is 7.06. The highest BCUT2D eigenvalue weighted by Gasteiger charge is 2.10. The van der Waals surface area contributed by atoms with Gasteiger partial charge in [-0.2, -0.15) is 0 Å². The molecule has 1 aromatic heterocycles. The number of hydrogen-bond donors (Lipinski definition) is 1. The lowest BCUT2D eigenvalue weighted by molar-refractivity contribution is 0.532. The van der Waals surface area contributed by atoms with Crippen LogP contribution in [0.15, 0.2) is 16.7 Å². The van der Waals surface area contributed by atoms with Crippen LogP contribution in [0.1, 0.15) is 5.69 Å². The SMILES string of the molecule is Cc1ncc(Br)cc1N(CCN)S(=O)[O-]. The fourth-order valence-corrected chi connectivity index (χ4v) is 2.06. The van der Waals surface area contributed by atoms with Crippen LogP contribution in [0.25, 0.3) is 0 Å². The van der Waals surface area contributed by atoms with Crippen molar-refractivity contribution in [1.82, 2.24) is 4.98 Å². The quantitative estimate of drug-likeness (QED) is 0.829. The number of halogens is 1. The van der Waals surface area contributed by atoms with Crippen LogP contribution in [0.3, 0.4) is 0 Å². The van der Waals surface area contributed by atoms with E-state index in [9.17, 15) is 8.76 Å². The van der Waals surface area contributed by atoms with Crippen molar-refractivity contribution in [3.8, 4) is 0 Å². The lowest BCUT2D eigenvalue weighted by Crippen LogP contribution is -2.31. The second kappa shape index (κ2) is 5.55. The molecule has 1 unspecified atom stereocenters. The van der Waals surface area contributed by atoms with Crippen molar-refractivity contribution in [1.29, 1.82) is 0 Å². The van der Waals surface area contributed by atoms with E-state index in [0.717, 1.165) is 4.47 Å². The molecular weight excluding hydrogens is 282 g/mol. The monoisotopic (exact) mass is 292 g/mol. The molecule has 1 aromatic rings. The van der Waals surface area contributed by atoms with Crippen molar-refractivity contribution < 1.29 is 8.76 Å². The molecule has 7 heteroatoms. The van der Waals surface area contributed by atoms with E-state index in [1.165, 1.54) is 4.31 Å². The third kappa shape index (κ3) is 3.23. The first-order valence-corrected chi connectivity index (χ1v) is 6.08. The number of anilines is 1. The topological polar surface area (TPSA) is 82.3 Å². The summed E-state index contributed by atoms with van der Waals surface area (Å²) in [6, 6.07) is 1.70. The maximum Gasteiger partial charge on any atom is 0.0706 e. The Hall–Kier alpha value is -0.500. The molecule has 0 radical (unpaired) electrons. The molecule has 0 aliphatic rings. The minimum atomic E-state index is -2.33. The van der Waals surface area contributed by atoms with Crippen LogP contribution in [-0.4, -0.2) is 26.8 Å². The molecule has 1 atom stereocenters. The molecule has 15 heavy (non-hydrogen) atoms. The van der Waals surface area contributed by atoms with E-state index in [-0.39, 0.29) is 13.1 Å². The highest BCUT2D eigenvalue weighted by Crippen LogP contribution is 2.22. The van der Waals surface area contributed by atoms with Crippen molar-refractivity contribution in [3.05, 3.63) is 22.4 Å². The number of nitrogens with two attached hydrogens (primary N) is 1. The lowest BCUT2D eigenvalue weighted by atomic mass is 10.3. The van der Waals surface area contributed by atoms with Crippen molar-refractivity contribution in [2.75, 3.05) is 17.4 Å². The van der Waals surface area contributed by atoms with Gasteiger partial charge in [-0.3, -0.25) is 13.5 Å². The Bertz CT molecular complexity index is 375. The van der Waals surface area contributed by atoms with Crippen molar-refractivity contribution in [2.24, 2.45) is 5.73 Å². The predicted octanol–water partition coefficient (Wildman–Crippen LogP) is 0.712. The van der Waals surface area contributed by atoms with Crippen LogP contribution < -0.4 is 10.0 Å². The highest BCUT2D eigenvalue weighted by molar-refractivity contribution is 9.10. The minimum absolute atomic E-state index is 0.245. The molecule has 0 saturated carbocycles. The molecule has 5 nitrogen and oxygen atoms in total. The third-order valence-corrected chi connectivity index (χ3v) is 2.98. The third-order valence-electron chi connectivity index (χ3n) is 1.81. The maximum absolute atomic E-state index is 11.0. The average molecular weight is 293 g/mol. The Labute approximate surface area is 99.2 Å². The van der Waals surface area contributed by atoms with Gasteiger partial charge in [0.1, 0.15) is 0 Å². The zero-order chi connectivity index (χ0) is 11.4. The van der Waals surface area contributed by atoms with Crippen LogP contribution in [0.2, 0.25) is 0 Å². The zero-order valence-corrected chi connectivity index (χ0v) is 10.5. The number of hydrogen-bond acceptors (Lipinski definition) is 4. The second-order valence-electron chi connectivity index (χ2n) is 2.87. The van der Waals surface area contributed by atoms with Gasteiger partial charge in [0, 0.05) is 35.0 Å². The van der Waals surface area contributed by atoms with E-state index in [1.54, 1.807) is 19.2 Å². The van der Waals surface area contributed by atoms with Crippen LogP contribution in [-0.2, 0) is 11.3 Å². The zero-order valence-electron chi connectivity index (χ0n) is 8.14. The first-order valence-electron chi connectivity index (χ1n) is 4.25. The number of aromatic nitrogens is 1. The number of aryl methyl sites for hydroxylation is 1. The normalized spacial score (nSPS) is 12.5. The smallest absolute Gasteiger partial charge is 0.0706 e. The summed E-state index contributed by atoms with van der Waals surface area (Å²) in [7, 11) is 0. The molecule has 0 bridgehead atoms. The summed E-state index contributed by atoms with van der Waals surface area (Å²) in [6.07, 6.45) is 1.62. The molecule has 1 rings (SSSR count). The average Bonchev–Trinajstić information content (AvgIpc) is 2.18. The van der Waals surface area contributed by atoms with E-state index in [4.69, 9.17) is 5.73 Å². The van der Waals surface area contributed by atoms with Gasteiger partial charge < -0.3 is 10.3 Å². The number of nitrogens with zero attached hydrogens (tertiary/aromatic N) is 2. The van der Waals surface area contributed by atoms with Crippen LogP contribution in [0.4, 0.5) is 5.69 Å². The van der Waals surface area contributed by atoms with Crippen molar-refractivity contribution in [3.63, 3.8) is 0 Å². The van der Waals surface area contributed by atoms with Gasteiger partial charge in [-0.05, 0) is 28.9 Å².